The van der Waals surface area contributed by atoms with Gasteiger partial charge in [-0.15, -0.1) is 0 Å². The molecule has 0 heterocycles. The fraction of sp³-hybridized carbons (Fsp3) is 0.600. The van der Waals surface area contributed by atoms with Gasteiger partial charge in [-0.2, -0.15) is 0 Å². The van der Waals surface area contributed by atoms with Gasteiger partial charge in [0.1, 0.15) is 5.82 Å². The van der Waals surface area contributed by atoms with Crippen molar-refractivity contribution in [3.05, 3.63) is 76.6 Å². The van der Waals surface area contributed by atoms with Gasteiger partial charge in [0, 0.05) is 5.56 Å². The minimum absolute atomic E-state index is 0.0162. The van der Waals surface area contributed by atoms with Crippen LogP contribution in [0.3, 0.4) is 0 Å². The summed E-state index contributed by atoms with van der Waals surface area (Å²) in [6.45, 7) is 4.52. The van der Waals surface area contributed by atoms with Crippen LogP contribution in [0.15, 0.2) is 48.5 Å². The molecule has 1 heteroatoms. The largest absolute Gasteiger partial charge is 0.206 e. The third kappa shape index (κ3) is 5.98. The van der Waals surface area contributed by atoms with Crippen LogP contribution in [-0.2, 0) is 6.42 Å². The molecule has 0 aliphatic heterocycles. The first kappa shape index (κ1) is 25.7. The van der Waals surface area contributed by atoms with Crippen molar-refractivity contribution in [3.8, 4) is 0 Å². The minimum Gasteiger partial charge on any atom is -0.206 e. The van der Waals surface area contributed by atoms with E-state index in [2.05, 4.69) is 56.3 Å². The lowest BCUT2D eigenvalue weighted by Gasteiger charge is -2.36. The third-order valence-electron chi connectivity index (χ3n) is 10.1. The van der Waals surface area contributed by atoms with Crippen LogP contribution in [0.25, 0.3) is 5.57 Å². The van der Waals surface area contributed by atoms with Gasteiger partial charge in [-0.25, -0.2) is 4.39 Å². The van der Waals surface area contributed by atoms with Gasteiger partial charge < -0.3 is 0 Å². The monoisotopic (exact) mass is 486 g/mol. The van der Waals surface area contributed by atoms with Crippen molar-refractivity contribution >= 4 is 5.57 Å². The quantitative estimate of drug-likeness (QED) is 0.365. The Hall–Kier alpha value is -1.89. The summed E-state index contributed by atoms with van der Waals surface area (Å²) in [7, 11) is 0. The topological polar surface area (TPSA) is 0 Å². The summed E-state index contributed by atoms with van der Waals surface area (Å²) in [5, 5.41) is 0. The minimum atomic E-state index is 0.0162. The summed E-state index contributed by atoms with van der Waals surface area (Å²) < 4.78 is 15.2. The van der Waals surface area contributed by atoms with E-state index in [1.54, 1.807) is 5.56 Å². The molecule has 2 saturated carbocycles. The zero-order valence-corrected chi connectivity index (χ0v) is 22.8. The number of rotatable bonds is 7. The van der Waals surface area contributed by atoms with Gasteiger partial charge in [-0.05, 0) is 135 Å². The van der Waals surface area contributed by atoms with Gasteiger partial charge in [0.2, 0.25) is 0 Å². The van der Waals surface area contributed by atoms with Crippen molar-refractivity contribution in [2.45, 2.75) is 116 Å². The van der Waals surface area contributed by atoms with E-state index in [4.69, 9.17) is 0 Å². The molecule has 0 bridgehead atoms. The van der Waals surface area contributed by atoms with E-state index in [1.807, 2.05) is 6.07 Å². The highest BCUT2D eigenvalue weighted by Crippen LogP contribution is 2.44. The molecule has 2 fully saturated rings. The van der Waals surface area contributed by atoms with Crippen LogP contribution < -0.4 is 0 Å². The Kier molecular flexibility index (Phi) is 8.66. The summed E-state index contributed by atoms with van der Waals surface area (Å²) in [5.41, 5.74) is 6.35. The smallest absolute Gasteiger partial charge is 0.130 e. The number of halogens is 1. The highest BCUT2D eigenvalue weighted by molar-refractivity contribution is 5.67. The number of aryl methyl sites for hydroxylation is 1. The fourth-order valence-electron chi connectivity index (χ4n) is 7.72. The van der Waals surface area contributed by atoms with E-state index in [9.17, 15) is 0 Å². The fourth-order valence-corrected chi connectivity index (χ4v) is 7.72. The van der Waals surface area contributed by atoms with E-state index < -0.39 is 0 Å². The van der Waals surface area contributed by atoms with Gasteiger partial charge >= 0.3 is 0 Å². The van der Waals surface area contributed by atoms with Crippen LogP contribution >= 0.6 is 0 Å². The average molecular weight is 487 g/mol. The summed E-state index contributed by atoms with van der Waals surface area (Å²) in [5.74, 6) is 3.87. The second kappa shape index (κ2) is 12.1. The predicted molar refractivity (Wildman–Crippen MR) is 152 cm³/mol. The Morgan fingerprint density at radius 2 is 1.39 bits per heavy atom. The van der Waals surface area contributed by atoms with Crippen LogP contribution in [-0.4, -0.2) is 0 Å². The summed E-state index contributed by atoms with van der Waals surface area (Å²) in [6.07, 6.45) is 20.1. The van der Waals surface area contributed by atoms with Crippen LogP contribution in [0.4, 0.5) is 4.39 Å². The van der Waals surface area contributed by atoms with E-state index in [-0.39, 0.29) is 5.82 Å². The first-order valence-electron chi connectivity index (χ1n) is 15.2. The van der Waals surface area contributed by atoms with Crippen molar-refractivity contribution in [2.75, 3.05) is 0 Å². The molecule has 0 spiro atoms. The maximum atomic E-state index is 15.2. The number of benzene rings is 2. The Labute approximate surface area is 219 Å². The Bertz CT molecular complexity index is 999. The second-order valence-electron chi connectivity index (χ2n) is 12.2. The van der Waals surface area contributed by atoms with Crippen molar-refractivity contribution in [3.63, 3.8) is 0 Å². The Morgan fingerprint density at radius 3 is 2.00 bits per heavy atom. The molecule has 0 amide bonds. The lowest BCUT2D eigenvalue weighted by Crippen LogP contribution is -2.22. The zero-order chi connectivity index (χ0) is 24.9. The number of allylic oxidation sites excluding steroid dienone is 2. The molecular formula is C35H47F. The molecule has 36 heavy (non-hydrogen) atoms. The van der Waals surface area contributed by atoms with Gasteiger partial charge in [0.05, 0.1) is 0 Å². The van der Waals surface area contributed by atoms with E-state index in [0.29, 0.717) is 5.92 Å². The molecule has 0 N–H and O–H groups in total. The maximum absolute atomic E-state index is 15.2. The van der Waals surface area contributed by atoms with Gasteiger partial charge in [-0.3, -0.25) is 0 Å². The van der Waals surface area contributed by atoms with Crippen molar-refractivity contribution in [2.24, 2.45) is 17.8 Å². The molecule has 3 aliphatic rings. The first-order chi connectivity index (χ1) is 17.6. The molecule has 2 aromatic carbocycles. The SMILES string of the molecule is CCCC1CCC(c2ccc(C3=CCC(C4CCC(c5ccc(CC)cc5)CC4)CC3)c(F)c2)CC1. The highest BCUT2D eigenvalue weighted by Gasteiger charge is 2.30. The number of hydrogen-bond acceptors (Lipinski definition) is 0. The van der Waals surface area contributed by atoms with Crippen LogP contribution in [0.2, 0.25) is 0 Å². The van der Waals surface area contributed by atoms with Gasteiger partial charge in [-0.1, -0.05) is 69.2 Å². The van der Waals surface area contributed by atoms with E-state index in [0.717, 1.165) is 48.5 Å². The Morgan fingerprint density at radius 1 is 0.722 bits per heavy atom. The van der Waals surface area contributed by atoms with Crippen LogP contribution in [0.1, 0.15) is 131 Å². The summed E-state index contributed by atoms with van der Waals surface area (Å²) >= 11 is 0. The van der Waals surface area contributed by atoms with Crippen LogP contribution in [0, 0.1) is 23.6 Å². The molecule has 0 nitrogen and oxygen atoms in total. The molecule has 0 aromatic heterocycles. The van der Waals surface area contributed by atoms with E-state index >= 15 is 4.39 Å². The molecule has 0 saturated heterocycles. The predicted octanol–water partition coefficient (Wildman–Crippen LogP) is 10.6. The van der Waals surface area contributed by atoms with Crippen molar-refractivity contribution in [1.29, 1.82) is 0 Å². The highest BCUT2D eigenvalue weighted by atomic mass is 19.1. The Balaban J connectivity index is 1.14. The zero-order valence-electron chi connectivity index (χ0n) is 22.8. The van der Waals surface area contributed by atoms with Crippen LogP contribution in [0.5, 0.6) is 0 Å². The van der Waals surface area contributed by atoms with Crippen molar-refractivity contribution in [1.82, 2.24) is 0 Å². The van der Waals surface area contributed by atoms with Gasteiger partial charge in [0.15, 0.2) is 0 Å². The molecule has 0 radical (unpaired) electrons. The van der Waals surface area contributed by atoms with Gasteiger partial charge in [0.25, 0.3) is 0 Å². The molecular weight excluding hydrogens is 439 g/mol. The summed E-state index contributed by atoms with van der Waals surface area (Å²) in [6, 6.07) is 15.6. The second-order valence-corrected chi connectivity index (χ2v) is 12.2. The lowest BCUT2D eigenvalue weighted by molar-refractivity contribution is 0.220. The molecule has 1 atom stereocenters. The lowest BCUT2D eigenvalue weighted by atomic mass is 9.70. The molecule has 1 unspecified atom stereocenters. The molecule has 3 aliphatic carbocycles. The van der Waals surface area contributed by atoms with Crippen molar-refractivity contribution < 1.29 is 4.39 Å². The standard InChI is InChI=1S/C35H47F/c1-3-5-26-8-12-31(13-9-26)33-22-23-34(35(36)24-33)32-20-18-30(19-21-32)29-16-14-28(15-17-29)27-10-6-25(4-2)7-11-27/h6-7,10-11,20,22-24,26,28-31H,3-5,8-9,12-19,21H2,1-2H3. The maximum Gasteiger partial charge on any atom is 0.130 e. The first-order valence-corrected chi connectivity index (χ1v) is 15.2. The number of hydrogen-bond donors (Lipinski definition) is 0. The van der Waals surface area contributed by atoms with E-state index in [1.165, 1.54) is 87.3 Å². The molecule has 5 rings (SSSR count). The molecule has 194 valence electrons. The summed E-state index contributed by atoms with van der Waals surface area (Å²) in [4.78, 5) is 0. The average Bonchev–Trinajstić information content (AvgIpc) is 2.94. The normalized spacial score (nSPS) is 29.1. The third-order valence-corrected chi connectivity index (χ3v) is 10.1. The molecule has 2 aromatic rings.